The topological polar surface area (TPSA) is 42.0 Å². The molecule has 3 aromatic rings. The fraction of sp³-hybridized carbons (Fsp3) is 0.0588. The predicted octanol–water partition coefficient (Wildman–Crippen LogP) is 3.30. The standard InChI is InChI=1S/C17H13FN2O/c18-15-6-4-13(5-7-15)17(21)20-11-12-3-8-16-14(10-12)2-1-9-19-16/h1-10H,11H2,(H,20,21). The van der Waals surface area contributed by atoms with Crippen LogP contribution in [0.4, 0.5) is 4.39 Å². The van der Waals surface area contributed by atoms with Crippen LogP contribution in [0.25, 0.3) is 10.9 Å². The molecule has 21 heavy (non-hydrogen) atoms. The van der Waals surface area contributed by atoms with E-state index in [0.29, 0.717) is 12.1 Å². The number of hydrogen-bond acceptors (Lipinski definition) is 2. The highest BCUT2D eigenvalue weighted by Gasteiger charge is 2.05. The number of amides is 1. The lowest BCUT2D eigenvalue weighted by Gasteiger charge is -2.06. The van der Waals surface area contributed by atoms with Gasteiger partial charge in [0.1, 0.15) is 5.82 Å². The first-order valence-electron chi connectivity index (χ1n) is 6.60. The Labute approximate surface area is 121 Å². The molecule has 1 heterocycles. The molecule has 0 aliphatic heterocycles. The summed E-state index contributed by atoms with van der Waals surface area (Å²) in [7, 11) is 0. The van der Waals surface area contributed by atoms with Crippen molar-refractivity contribution < 1.29 is 9.18 Å². The molecule has 0 bridgehead atoms. The zero-order valence-corrected chi connectivity index (χ0v) is 11.2. The smallest absolute Gasteiger partial charge is 0.251 e. The normalized spacial score (nSPS) is 10.5. The molecule has 0 radical (unpaired) electrons. The van der Waals surface area contributed by atoms with Gasteiger partial charge in [0.05, 0.1) is 5.52 Å². The number of nitrogens with one attached hydrogen (secondary N) is 1. The second-order valence-electron chi connectivity index (χ2n) is 4.72. The maximum Gasteiger partial charge on any atom is 0.251 e. The summed E-state index contributed by atoms with van der Waals surface area (Å²) >= 11 is 0. The third kappa shape index (κ3) is 3.05. The summed E-state index contributed by atoms with van der Waals surface area (Å²) in [5, 5.41) is 3.85. The molecule has 0 saturated heterocycles. The highest BCUT2D eigenvalue weighted by Crippen LogP contribution is 2.13. The Balaban J connectivity index is 1.71. The van der Waals surface area contributed by atoms with Gasteiger partial charge in [-0.15, -0.1) is 0 Å². The Morgan fingerprint density at radius 2 is 1.90 bits per heavy atom. The average molecular weight is 280 g/mol. The van der Waals surface area contributed by atoms with Gasteiger partial charge in [0.15, 0.2) is 0 Å². The van der Waals surface area contributed by atoms with E-state index in [1.807, 2.05) is 30.3 Å². The summed E-state index contributed by atoms with van der Waals surface area (Å²) in [5.41, 5.74) is 2.36. The highest BCUT2D eigenvalue weighted by molar-refractivity contribution is 5.94. The molecule has 0 unspecified atom stereocenters. The second kappa shape index (κ2) is 5.71. The minimum Gasteiger partial charge on any atom is -0.348 e. The molecule has 4 heteroatoms. The van der Waals surface area contributed by atoms with Crippen molar-refractivity contribution >= 4 is 16.8 Å². The molecule has 2 aromatic carbocycles. The van der Waals surface area contributed by atoms with Crippen LogP contribution in [0.5, 0.6) is 0 Å². The fourth-order valence-corrected chi connectivity index (χ4v) is 2.12. The summed E-state index contributed by atoms with van der Waals surface area (Å²) in [5.74, 6) is -0.574. The molecule has 0 aliphatic rings. The van der Waals surface area contributed by atoms with Crippen LogP contribution in [-0.4, -0.2) is 10.9 Å². The molecule has 0 saturated carbocycles. The van der Waals surface area contributed by atoms with E-state index in [1.165, 1.54) is 24.3 Å². The molecule has 3 nitrogen and oxygen atoms in total. The molecule has 0 spiro atoms. The summed E-state index contributed by atoms with van der Waals surface area (Å²) in [6, 6.07) is 15.2. The van der Waals surface area contributed by atoms with Gasteiger partial charge in [-0.05, 0) is 48.0 Å². The van der Waals surface area contributed by atoms with Crippen LogP contribution in [0.2, 0.25) is 0 Å². The van der Waals surface area contributed by atoms with Gasteiger partial charge in [0, 0.05) is 23.7 Å². The van der Waals surface area contributed by atoms with Gasteiger partial charge in [-0.2, -0.15) is 0 Å². The van der Waals surface area contributed by atoms with Crippen LogP contribution < -0.4 is 5.32 Å². The molecule has 0 atom stereocenters. The molecular weight excluding hydrogens is 267 g/mol. The van der Waals surface area contributed by atoms with E-state index in [0.717, 1.165) is 16.5 Å². The summed E-state index contributed by atoms with van der Waals surface area (Å²) in [6.07, 6.45) is 1.75. The first-order chi connectivity index (χ1) is 10.2. The van der Waals surface area contributed by atoms with Crippen molar-refractivity contribution in [1.29, 1.82) is 0 Å². The first-order valence-corrected chi connectivity index (χ1v) is 6.60. The average Bonchev–Trinajstić information content (AvgIpc) is 2.53. The number of benzene rings is 2. The SMILES string of the molecule is O=C(NCc1ccc2ncccc2c1)c1ccc(F)cc1. The molecule has 1 aromatic heterocycles. The zero-order chi connectivity index (χ0) is 14.7. The Kier molecular flexibility index (Phi) is 3.60. The van der Waals surface area contributed by atoms with Crippen molar-refractivity contribution in [3.63, 3.8) is 0 Å². The quantitative estimate of drug-likeness (QED) is 0.799. The van der Waals surface area contributed by atoms with Gasteiger partial charge in [-0.1, -0.05) is 12.1 Å². The minimum absolute atomic E-state index is 0.221. The lowest BCUT2D eigenvalue weighted by molar-refractivity contribution is 0.0951. The largest absolute Gasteiger partial charge is 0.348 e. The lowest BCUT2D eigenvalue weighted by atomic mass is 10.1. The van der Waals surface area contributed by atoms with Crippen molar-refractivity contribution in [2.45, 2.75) is 6.54 Å². The van der Waals surface area contributed by atoms with Crippen LogP contribution in [0, 0.1) is 5.82 Å². The van der Waals surface area contributed by atoms with Crippen LogP contribution in [0.3, 0.4) is 0 Å². The number of rotatable bonds is 3. The Morgan fingerprint density at radius 1 is 1.10 bits per heavy atom. The van der Waals surface area contributed by atoms with E-state index in [2.05, 4.69) is 10.3 Å². The molecule has 104 valence electrons. The highest BCUT2D eigenvalue weighted by atomic mass is 19.1. The molecule has 1 N–H and O–H groups in total. The van der Waals surface area contributed by atoms with E-state index in [4.69, 9.17) is 0 Å². The molecular formula is C17H13FN2O. The van der Waals surface area contributed by atoms with E-state index >= 15 is 0 Å². The van der Waals surface area contributed by atoms with E-state index in [-0.39, 0.29) is 11.7 Å². The molecule has 0 fully saturated rings. The van der Waals surface area contributed by atoms with Crippen molar-refractivity contribution in [2.75, 3.05) is 0 Å². The number of aromatic nitrogens is 1. The van der Waals surface area contributed by atoms with Crippen molar-refractivity contribution in [3.05, 3.63) is 77.7 Å². The first kappa shape index (κ1) is 13.2. The van der Waals surface area contributed by atoms with Crippen LogP contribution in [0.1, 0.15) is 15.9 Å². The van der Waals surface area contributed by atoms with E-state index < -0.39 is 0 Å². The van der Waals surface area contributed by atoms with E-state index in [9.17, 15) is 9.18 Å². The number of nitrogens with zero attached hydrogens (tertiary/aromatic N) is 1. The van der Waals surface area contributed by atoms with Crippen LogP contribution >= 0.6 is 0 Å². The predicted molar refractivity (Wildman–Crippen MR) is 79.3 cm³/mol. The van der Waals surface area contributed by atoms with Gasteiger partial charge < -0.3 is 5.32 Å². The van der Waals surface area contributed by atoms with Gasteiger partial charge in [-0.25, -0.2) is 4.39 Å². The summed E-state index contributed by atoms with van der Waals surface area (Å²) < 4.78 is 12.8. The Bertz CT molecular complexity index is 784. The van der Waals surface area contributed by atoms with Crippen molar-refractivity contribution in [2.24, 2.45) is 0 Å². The summed E-state index contributed by atoms with van der Waals surface area (Å²) in [6.45, 7) is 0.418. The zero-order valence-electron chi connectivity index (χ0n) is 11.2. The number of carbonyl (C=O) groups is 1. The minimum atomic E-state index is -0.353. The van der Waals surface area contributed by atoms with Crippen LogP contribution in [-0.2, 0) is 6.54 Å². The molecule has 3 rings (SSSR count). The number of pyridine rings is 1. The number of carbonyl (C=O) groups excluding carboxylic acids is 1. The molecule has 0 aliphatic carbocycles. The lowest BCUT2D eigenvalue weighted by Crippen LogP contribution is -2.22. The fourth-order valence-electron chi connectivity index (χ4n) is 2.12. The second-order valence-corrected chi connectivity index (χ2v) is 4.72. The van der Waals surface area contributed by atoms with Gasteiger partial charge in [0.25, 0.3) is 5.91 Å². The maximum absolute atomic E-state index is 12.8. The number of fused-ring (bicyclic) bond motifs is 1. The number of hydrogen-bond donors (Lipinski definition) is 1. The van der Waals surface area contributed by atoms with Gasteiger partial charge in [0.2, 0.25) is 0 Å². The molecule has 1 amide bonds. The van der Waals surface area contributed by atoms with Crippen molar-refractivity contribution in [3.8, 4) is 0 Å². The van der Waals surface area contributed by atoms with Gasteiger partial charge in [-0.3, -0.25) is 9.78 Å². The Morgan fingerprint density at radius 3 is 2.71 bits per heavy atom. The van der Waals surface area contributed by atoms with Gasteiger partial charge >= 0.3 is 0 Å². The Hall–Kier alpha value is -2.75. The maximum atomic E-state index is 12.8. The van der Waals surface area contributed by atoms with E-state index in [1.54, 1.807) is 6.20 Å². The third-order valence-electron chi connectivity index (χ3n) is 3.23. The third-order valence-corrected chi connectivity index (χ3v) is 3.23. The van der Waals surface area contributed by atoms with Crippen LogP contribution in [0.15, 0.2) is 60.8 Å². The monoisotopic (exact) mass is 280 g/mol. The number of halogens is 1. The summed E-state index contributed by atoms with van der Waals surface area (Å²) in [4.78, 5) is 16.2. The van der Waals surface area contributed by atoms with Crippen molar-refractivity contribution in [1.82, 2.24) is 10.3 Å².